The van der Waals surface area contributed by atoms with Gasteiger partial charge in [-0.15, -0.1) is 11.3 Å². The Labute approximate surface area is 229 Å². The molecule has 38 heavy (non-hydrogen) atoms. The monoisotopic (exact) mass is 534 g/mol. The Bertz CT molecular complexity index is 1200. The summed E-state index contributed by atoms with van der Waals surface area (Å²) < 4.78 is 11.7. The van der Waals surface area contributed by atoms with Gasteiger partial charge in [0.2, 0.25) is 0 Å². The highest BCUT2D eigenvalue weighted by Crippen LogP contribution is 2.39. The molecule has 202 valence electrons. The number of hydrogen-bond acceptors (Lipinski definition) is 7. The number of aromatic nitrogens is 1. The Morgan fingerprint density at radius 1 is 1.08 bits per heavy atom. The number of benzene rings is 2. The maximum absolute atomic E-state index is 13.0. The molecule has 0 aliphatic carbocycles. The van der Waals surface area contributed by atoms with Gasteiger partial charge in [0, 0.05) is 38.1 Å². The second-order valence-electron chi connectivity index (χ2n) is 10.6. The van der Waals surface area contributed by atoms with E-state index in [2.05, 4.69) is 46.3 Å². The van der Waals surface area contributed by atoms with Crippen molar-refractivity contribution in [2.45, 2.75) is 45.1 Å². The van der Waals surface area contributed by atoms with Crippen molar-refractivity contribution in [3.05, 3.63) is 70.7 Å². The van der Waals surface area contributed by atoms with Crippen LogP contribution in [0.3, 0.4) is 0 Å². The summed E-state index contributed by atoms with van der Waals surface area (Å²) in [7, 11) is 1.70. The zero-order valence-corrected chi connectivity index (χ0v) is 23.0. The van der Waals surface area contributed by atoms with Crippen LogP contribution in [0.15, 0.2) is 53.9 Å². The first kappa shape index (κ1) is 26.5. The molecule has 2 aliphatic rings. The molecular formula is C30H38N4O3S. The van der Waals surface area contributed by atoms with Crippen molar-refractivity contribution in [1.29, 1.82) is 0 Å². The topological polar surface area (TPSA) is 80.9 Å². The van der Waals surface area contributed by atoms with Crippen LogP contribution in [0.4, 0.5) is 5.13 Å². The highest BCUT2D eigenvalue weighted by molar-refractivity contribution is 7.13. The molecule has 5 rings (SSSR count). The summed E-state index contributed by atoms with van der Waals surface area (Å²) in [6, 6.07) is 16.8. The van der Waals surface area contributed by atoms with E-state index < -0.39 is 0 Å². The molecule has 3 aromatic rings. The Morgan fingerprint density at radius 2 is 1.87 bits per heavy atom. The number of rotatable bonds is 4. The van der Waals surface area contributed by atoms with Gasteiger partial charge in [-0.2, -0.15) is 0 Å². The van der Waals surface area contributed by atoms with Crippen LogP contribution in [0.2, 0.25) is 0 Å². The van der Waals surface area contributed by atoms with Gasteiger partial charge in [-0.05, 0) is 66.8 Å². The molecule has 0 atom stereocenters. The number of piperidine rings is 1. The van der Waals surface area contributed by atoms with Gasteiger partial charge in [0.1, 0.15) is 23.8 Å². The Morgan fingerprint density at radius 3 is 2.61 bits per heavy atom. The van der Waals surface area contributed by atoms with Crippen molar-refractivity contribution in [3.8, 4) is 11.5 Å². The largest absolute Gasteiger partial charge is 0.497 e. The third-order valence-electron chi connectivity index (χ3n) is 8.02. The lowest BCUT2D eigenvalue weighted by Gasteiger charge is -2.45. The minimum absolute atomic E-state index is 0.000972. The van der Waals surface area contributed by atoms with Crippen molar-refractivity contribution in [2.75, 3.05) is 45.6 Å². The molecule has 2 aromatic carbocycles. The van der Waals surface area contributed by atoms with E-state index in [-0.39, 0.29) is 11.3 Å². The fourth-order valence-corrected chi connectivity index (χ4v) is 6.38. The molecule has 1 aromatic heterocycles. The number of fused-ring (bicyclic) bond motifs is 1. The van der Waals surface area contributed by atoms with E-state index in [4.69, 9.17) is 15.2 Å². The lowest BCUT2D eigenvalue weighted by Crippen LogP contribution is -2.48. The predicted molar refractivity (Wildman–Crippen MR) is 152 cm³/mol. The van der Waals surface area contributed by atoms with Gasteiger partial charge in [-0.1, -0.05) is 36.8 Å². The first-order chi connectivity index (χ1) is 18.5. The molecule has 8 heteroatoms. The summed E-state index contributed by atoms with van der Waals surface area (Å²) in [4.78, 5) is 21.8. The molecule has 0 saturated carbocycles. The fourth-order valence-electron chi connectivity index (χ4n) is 5.85. The number of para-hydroxylation sites is 1. The Hall–Kier alpha value is -3.10. The van der Waals surface area contributed by atoms with Crippen molar-refractivity contribution in [3.63, 3.8) is 0 Å². The highest BCUT2D eigenvalue weighted by atomic mass is 32.1. The minimum Gasteiger partial charge on any atom is -0.497 e. The van der Waals surface area contributed by atoms with Gasteiger partial charge >= 0.3 is 0 Å². The van der Waals surface area contributed by atoms with Crippen molar-refractivity contribution in [1.82, 2.24) is 14.8 Å². The highest BCUT2D eigenvalue weighted by Gasteiger charge is 2.37. The van der Waals surface area contributed by atoms with E-state index in [1.807, 2.05) is 17.0 Å². The summed E-state index contributed by atoms with van der Waals surface area (Å²) in [5.74, 6) is 1.89. The maximum atomic E-state index is 13.0. The number of likely N-dealkylation sites (tertiary alicyclic amines) is 1. The molecule has 0 radical (unpaired) electrons. The van der Waals surface area contributed by atoms with Gasteiger partial charge in [-0.25, -0.2) is 4.98 Å². The van der Waals surface area contributed by atoms with Crippen LogP contribution in [0.25, 0.3) is 0 Å². The van der Waals surface area contributed by atoms with Crippen molar-refractivity contribution in [2.24, 2.45) is 5.41 Å². The lowest BCUT2D eigenvalue weighted by molar-refractivity contribution is 0.0358. The van der Waals surface area contributed by atoms with Crippen LogP contribution >= 0.6 is 11.3 Å². The maximum Gasteiger partial charge on any atom is 0.273 e. The minimum atomic E-state index is 0.000972. The van der Waals surface area contributed by atoms with E-state index in [1.165, 1.54) is 35.3 Å². The molecule has 0 bridgehead atoms. The molecule has 3 heterocycles. The molecule has 2 aliphatic heterocycles. The summed E-state index contributed by atoms with van der Waals surface area (Å²) >= 11 is 1.32. The smallest absolute Gasteiger partial charge is 0.273 e. The standard InChI is InChI=1S/C30H38N4O3S/c1-36-25-11-9-23(10-12-25)20-33-18-19-37-27-8-3-2-6-24(27)7-4-5-13-30(22-33)14-16-34(17-15-30)28(35)26-21-38-29(31)32-26/h2-3,6,8-12,21H,4-5,7,13-20,22H2,1H3,(H2,31,32). The van der Waals surface area contributed by atoms with E-state index in [0.29, 0.717) is 17.4 Å². The molecule has 1 saturated heterocycles. The lowest BCUT2D eigenvalue weighted by atomic mass is 9.73. The zero-order chi connectivity index (χ0) is 26.4. The number of methoxy groups -OCH3 is 1. The third-order valence-corrected chi connectivity index (χ3v) is 8.69. The van der Waals surface area contributed by atoms with Crippen LogP contribution < -0.4 is 15.2 Å². The van der Waals surface area contributed by atoms with E-state index >= 15 is 0 Å². The number of nitrogen functional groups attached to an aromatic ring is 1. The Kier molecular flexibility index (Phi) is 8.49. The number of anilines is 1. The summed E-state index contributed by atoms with van der Waals surface area (Å²) in [5, 5.41) is 2.21. The first-order valence-electron chi connectivity index (χ1n) is 13.6. The second-order valence-corrected chi connectivity index (χ2v) is 11.5. The number of nitrogens with two attached hydrogens (primary N) is 1. The molecule has 1 amide bonds. The number of hydrogen-bond donors (Lipinski definition) is 1. The number of amides is 1. The second kappa shape index (κ2) is 12.2. The number of nitrogens with zero attached hydrogens (tertiary/aromatic N) is 3. The number of carbonyl (C=O) groups is 1. The van der Waals surface area contributed by atoms with Crippen LogP contribution in [0.1, 0.15) is 53.7 Å². The van der Waals surface area contributed by atoms with Crippen molar-refractivity contribution < 1.29 is 14.3 Å². The first-order valence-corrected chi connectivity index (χ1v) is 14.5. The SMILES string of the molecule is COc1ccc(CN2CCOc3ccccc3CCCCC3(CCN(C(=O)c4csc(N)n4)CC3)C2)cc1. The summed E-state index contributed by atoms with van der Waals surface area (Å²) in [5.41, 5.74) is 8.98. The zero-order valence-electron chi connectivity index (χ0n) is 22.2. The average molecular weight is 535 g/mol. The van der Waals surface area contributed by atoms with Crippen LogP contribution in [-0.2, 0) is 13.0 Å². The van der Waals surface area contributed by atoms with E-state index in [9.17, 15) is 4.79 Å². The number of aryl methyl sites for hydroxylation is 1. The van der Waals surface area contributed by atoms with Gasteiger partial charge < -0.3 is 20.1 Å². The number of thiazole rings is 1. The molecular weight excluding hydrogens is 496 g/mol. The normalized spacial score (nSPS) is 18.6. The Balaban J connectivity index is 1.33. The van der Waals surface area contributed by atoms with Crippen LogP contribution in [0, 0.1) is 5.41 Å². The van der Waals surface area contributed by atoms with Gasteiger partial charge in [0.05, 0.1) is 7.11 Å². The van der Waals surface area contributed by atoms with Crippen molar-refractivity contribution >= 4 is 22.4 Å². The van der Waals surface area contributed by atoms with Crippen LogP contribution in [0.5, 0.6) is 11.5 Å². The summed E-state index contributed by atoms with van der Waals surface area (Å²) in [6.07, 6.45) is 6.50. The quantitative estimate of drug-likeness (QED) is 0.492. The molecule has 1 fully saturated rings. The van der Waals surface area contributed by atoms with E-state index in [1.54, 1.807) is 12.5 Å². The number of ether oxygens (including phenoxy) is 2. The molecule has 1 spiro atoms. The molecule has 2 N–H and O–H groups in total. The fraction of sp³-hybridized carbons (Fsp3) is 0.467. The van der Waals surface area contributed by atoms with E-state index in [0.717, 1.165) is 69.9 Å². The summed E-state index contributed by atoms with van der Waals surface area (Å²) in [6.45, 7) is 4.87. The molecule has 0 unspecified atom stereocenters. The third kappa shape index (κ3) is 6.48. The number of carbonyl (C=O) groups excluding carboxylic acids is 1. The average Bonchev–Trinajstić information content (AvgIpc) is 3.38. The predicted octanol–water partition coefficient (Wildman–Crippen LogP) is 5.26. The van der Waals surface area contributed by atoms with Gasteiger partial charge in [0.25, 0.3) is 5.91 Å². The van der Waals surface area contributed by atoms with Crippen LogP contribution in [-0.4, -0.2) is 60.6 Å². The van der Waals surface area contributed by atoms with Gasteiger partial charge in [-0.3, -0.25) is 9.69 Å². The molecule has 7 nitrogen and oxygen atoms in total. The van der Waals surface area contributed by atoms with Gasteiger partial charge in [0.15, 0.2) is 5.13 Å².